The summed E-state index contributed by atoms with van der Waals surface area (Å²) in [6, 6.07) is 0. The minimum atomic E-state index is -4.95. The first-order valence-corrected chi connectivity index (χ1v) is 7.47. The maximum atomic E-state index is 10.9. The number of carbonyl (C=O) groups is 1. The smallest absolute Gasteiger partial charge is 0.336 e. The first-order valence-electron chi connectivity index (χ1n) is 5.67. The summed E-state index contributed by atoms with van der Waals surface area (Å²) in [4.78, 5) is 28.3. The van der Waals surface area contributed by atoms with Gasteiger partial charge in [-0.05, 0) is 0 Å². The first-order chi connectivity index (χ1) is 9.34. The van der Waals surface area contributed by atoms with Gasteiger partial charge in [0, 0.05) is 6.42 Å². The van der Waals surface area contributed by atoms with Crippen molar-refractivity contribution in [3.8, 4) is 0 Å². The predicted molar refractivity (Wildman–Crippen MR) is 65.2 cm³/mol. The van der Waals surface area contributed by atoms with Crippen LogP contribution in [0, 0.1) is 0 Å². The summed E-state index contributed by atoms with van der Waals surface area (Å²) in [5.74, 6) is -2.05. The maximum absolute atomic E-state index is 10.9. The molecule has 0 amide bonds. The average molecular weight is 334 g/mol. The Bertz CT molecular complexity index is 395. The van der Waals surface area contributed by atoms with Crippen molar-refractivity contribution in [2.45, 2.75) is 36.4 Å². The zero-order valence-corrected chi connectivity index (χ0v) is 11.6. The predicted octanol–water partition coefficient (Wildman–Crippen LogP) is -4.19. The number of hydrogen-bond acceptors (Lipinski definition) is 8. The Hall–Kier alpha value is -0.620. The van der Waals surface area contributed by atoms with Gasteiger partial charge in [0.25, 0.3) is 0 Å². The quantitative estimate of drug-likeness (QED) is 0.184. The van der Waals surface area contributed by atoms with Crippen LogP contribution in [0.5, 0.6) is 0 Å². The molecule has 0 aliphatic carbocycles. The van der Waals surface area contributed by atoms with E-state index >= 15 is 0 Å². The van der Waals surface area contributed by atoms with Crippen LogP contribution in [-0.2, 0) is 9.36 Å². The normalized spacial score (nSPS) is 21.1. The van der Waals surface area contributed by atoms with Crippen molar-refractivity contribution in [1.82, 2.24) is 0 Å². The van der Waals surface area contributed by atoms with Gasteiger partial charge in [0.05, 0.1) is 18.9 Å². The van der Waals surface area contributed by atoms with Crippen LogP contribution in [0.15, 0.2) is 0 Å². The van der Waals surface area contributed by atoms with Gasteiger partial charge in [-0.15, -0.1) is 0 Å². The Labute approximate surface area is 118 Å². The van der Waals surface area contributed by atoms with Crippen molar-refractivity contribution in [3.05, 3.63) is 0 Å². The molecule has 5 atom stereocenters. The molecule has 0 aromatic heterocycles. The first kappa shape index (κ1) is 20.4. The highest BCUT2D eigenvalue weighted by Crippen LogP contribution is 2.40. The van der Waals surface area contributed by atoms with Gasteiger partial charge >= 0.3 is 13.6 Å². The van der Waals surface area contributed by atoms with Crippen molar-refractivity contribution in [1.29, 1.82) is 0 Å². The number of aliphatic carboxylic acids is 1. The zero-order valence-electron chi connectivity index (χ0n) is 10.7. The van der Waals surface area contributed by atoms with Gasteiger partial charge < -0.3 is 45.5 Å². The third-order valence-electron chi connectivity index (χ3n) is 2.74. The van der Waals surface area contributed by atoms with E-state index in [-0.39, 0.29) is 0 Å². The molecule has 0 bridgehead atoms. The van der Waals surface area contributed by atoms with Gasteiger partial charge in [-0.1, -0.05) is 0 Å². The molecule has 11 nitrogen and oxygen atoms in total. The summed E-state index contributed by atoms with van der Waals surface area (Å²) in [7, 11) is -4.95. The minimum Gasteiger partial charge on any atom is -0.479 e. The fraction of sp³-hybridized carbons (Fsp3) is 0.889. The number of carboxylic acids is 1. The average Bonchev–Trinajstić information content (AvgIpc) is 2.33. The molecule has 9 N–H and O–H groups in total. The summed E-state index contributed by atoms with van der Waals surface area (Å²) in [6.07, 6.45) is -10.9. The maximum Gasteiger partial charge on any atom is 0.336 e. The molecule has 0 heterocycles. The summed E-state index contributed by atoms with van der Waals surface area (Å²) >= 11 is 0. The molecule has 0 aliphatic rings. The standard InChI is InChI=1S/C9H19O11P/c10-2-5(12)7(14)6(13)4(11)1-9(17,8(15)16)3-21(18,19)20/h4-7,10-14,17H,1-3H2,(H,15,16)(H2,18,19,20)/t4-,5+,6+,7+,9+/m0/s1. The second-order valence-corrected chi connectivity index (χ2v) is 6.31. The molecular formula is C9H19O11P. The number of carboxylic acid groups (broad SMARTS) is 1. The lowest BCUT2D eigenvalue weighted by molar-refractivity contribution is -0.165. The molecule has 0 unspecified atom stereocenters. The number of aliphatic hydroxyl groups is 6. The van der Waals surface area contributed by atoms with Crippen LogP contribution in [0.4, 0.5) is 0 Å². The van der Waals surface area contributed by atoms with Gasteiger partial charge in [0.2, 0.25) is 0 Å². The van der Waals surface area contributed by atoms with Crippen molar-refractivity contribution in [2.24, 2.45) is 0 Å². The molecule has 0 saturated heterocycles. The van der Waals surface area contributed by atoms with Gasteiger partial charge in [-0.25, -0.2) is 4.79 Å². The Morgan fingerprint density at radius 1 is 1.05 bits per heavy atom. The Balaban J connectivity index is 5.02. The molecule has 0 radical (unpaired) electrons. The van der Waals surface area contributed by atoms with Gasteiger partial charge in [-0.2, -0.15) is 0 Å². The molecule has 0 spiro atoms. The SMILES string of the molecule is O=C(O)[C@@](O)(C[C@H](O)[C@@H](O)[C@H](O)[C@H](O)CO)CP(=O)(O)O. The Morgan fingerprint density at radius 3 is 1.81 bits per heavy atom. The third-order valence-corrected chi connectivity index (χ3v) is 3.67. The molecule has 0 fully saturated rings. The Morgan fingerprint density at radius 2 is 1.48 bits per heavy atom. The lowest BCUT2D eigenvalue weighted by Gasteiger charge is -2.31. The van der Waals surface area contributed by atoms with Crippen LogP contribution in [-0.4, -0.2) is 94.3 Å². The highest BCUT2D eigenvalue weighted by molar-refractivity contribution is 7.51. The summed E-state index contributed by atoms with van der Waals surface area (Å²) in [5.41, 5.74) is -3.05. The van der Waals surface area contributed by atoms with Crippen LogP contribution in [0.25, 0.3) is 0 Å². The van der Waals surface area contributed by atoms with Crippen molar-refractivity contribution in [3.63, 3.8) is 0 Å². The summed E-state index contributed by atoms with van der Waals surface area (Å²) < 4.78 is 10.8. The molecule has 0 saturated carbocycles. The van der Waals surface area contributed by atoms with Crippen LogP contribution < -0.4 is 0 Å². The van der Waals surface area contributed by atoms with Crippen molar-refractivity contribution < 1.29 is 54.9 Å². The van der Waals surface area contributed by atoms with Gasteiger partial charge in [-0.3, -0.25) is 4.57 Å². The fourth-order valence-corrected chi connectivity index (χ4v) is 2.54. The summed E-state index contributed by atoms with van der Waals surface area (Å²) in [6.45, 7) is -0.962. The topological polar surface area (TPSA) is 216 Å². The molecule has 12 heteroatoms. The zero-order chi connectivity index (χ0) is 17.0. The molecule has 0 aromatic carbocycles. The summed E-state index contributed by atoms with van der Waals surface area (Å²) in [5, 5.41) is 64.4. The molecule has 21 heavy (non-hydrogen) atoms. The monoisotopic (exact) mass is 334 g/mol. The second kappa shape index (κ2) is 7.58. The second-order valence-electron chi connectivity index (χ2n) is 4.66. The van der Waals surface area contributed by atoms with E-state index < -0.39 is 62.8 Å². The third kappa shape index (κ3) is 6.34. The Kier molecular flexibility index (Phi) is 7.36. The number of hydrogen-bond donors (Lipinski definition) is 9. The van der Waals surface area contributed by atoms with E-state index in [0.717, 1.165) is 0 Å². The van der Waals surface area contributed by atoms with E-state index in [4.69, 9.17) is 25.1 Å². The van der Waals surface area contributed by atoms with Crippen LogP contribution in [0.1, 0.15) is 6.42 Å². The number of aliphatic hydroxyl groups excluding tert-OH is 5. The van der Waals surface area contributed by atoms with E-state index in [1.54, 1.807) is 0 Å². The van der Waals surface area contributed by atoms with Gasteiger partial charge in [0.15, 0.2) is 5.60 Å². The number of rotatable bonds is 9. The lowest BCUT2D eigenvalue weighted by Crippen LogP contribution is -2.51. The van der Waals surface area contributed by atoms with Crippen molar-refractivity contribution in [2.75, 3.05) is 12.8 Å². The van der Waals surface area contributed by atoms with E-state index in [0.29, 0.717) is 0 Å². The van der Waals surface area contributed by atoms with Crippen LogP contribution >= 0.6 is 7.60 Å². The largest absolute Gasteiger partial charge is 0.479 e. The molecule has 126 valence electrons. The van der Waals surface area contributed by atoms with Gasteiger partial charge in [0.1, 0.15) is 18.3 Å². The molecular weight excluding hydrogens is 315 g/mol. The van der Waals surface area contributed by atoms with Crippen LogP contribution in [0.2, 0.25) is 0 Å². The highest BCUT2D eigenvalue weighted by atomic mass is 31.2. The molecule has 0 rings (SSSR count). The molecule has 0 aromatic rings. The fourth-order valence-electron chi connectivity index (χ4n) is 1.59. The lowest BCUT2D eigenvalue weighted by atomic mass is 9.92. The van der Waals surface area contributed by atoms with E-state index in [1.807, 2.05) is 0 Å². The van der Waals surface area contributed by atoms with E-state index in [9.17, 15) is 29.8 Å². The van der Waals surface area contributed by atoms with Crippen molar-refractivity contribution >= 4 is 13.6 Å². The van der Waals surface area contributed by atoms with E-state index in [2.05, 4.69) is 0 Å². The molecule has 0 aliphatic heterocycles. The highest BCUT2D eigenvalue weighted by Gasteiger charge is 2.46. The van der Waals surface area contributed by atoms with E-state index in [1.165, 1.54) is 0 Å². The van der Waals surface area contributed by atoms with Crippen LogP contribution in [0.3, 0.4) is 0 Å². The minimum absolute atomic E-state index is 0.962.